The summed E-state index contributed by atoms with van der Waals surface area (Å²) >= 11 is 5.62. The number of hydrogen-bond acceptors (Lipinski definition) is 1. The number of halogens is 2. The van der Waals surface area contributed by atoms with E-state index in [0.29, 0.717) is 23.4 Å². The summed E-state index contributed by atoms with van der Waals surface area (Å²) in [6, 6.07) is 4.54. The van der Waals surface area contributed by atoms with Gasteiger partial charge in [0.05, 0.1) is 0 Å². The molecule has 0 saturated heterocycles. The molecule has 15 heavy (non-hydrogen) atoms. The van der Waals surface area contributed by atoms with Crippen LogP contribution in [0, 0.1) is 11.7 Å². The van der Waals surface area contributed by atoms with Gasteiger partial charge in [0.1, 0.15) is 11.6 Å². The van der Waals surface area contributed by atoms with Gasteiger partial charge in [0.2, 0.25) is 0 Å². The monoisotopic (exact) mass is 228 g/mol. The molecular weight excluding hydrogens is 215 g/mol. The van der Waals surface area contributed by atoms with Crippen molar-refractivity contribution in [2.24, 2.45) is 5.92 Å². The largest absolute Gasteiger partial charge is 0.299 e. The Morgan fingerprint density at radius 1 is 1.47 bits per heavy atom. The lowest BCUT2D eigenvalue weighted by atomic mass is 10.0. The van der Waals surface area contributed by atoms with Gasteiger partial charge in [-0.1, -0.05) is 31.5 Å². The molecule has 0 unspecified atom stereocenters. The highest BCUT2D eigenvalue weighted by atomic mass is 35.5. The van der Waals surface area contributed by atoms with Gasteiger partial charge in [-0.15, -0.1) is 0 Å². The van der Waals surface area contributed by atoms with Crippen LogP contribution in [0.5, 0.6) is 0 Å². The van der Waals surface area contributed by atoms with Gasteiger partial charge in [-0.05, 0) is 24.1 Å². The van der Waals surface area contributed by atoms with Gasteiger partial charge in [-0.2, -0.15) is 0 Å². The second kappa shape index (κ2) is 5.26. The molecule has 0 spiro atoms. The number of Topliss-reactive ketones (excluding diaryl/α,β-unsaturated/α-hetero) is 1. The number of carbonyl (C=O) groups is 1. The van der Waals surface area contributed by atoms with Crippen LogP contribution in [-0.4, -0.2) is 5.78 Å². The van der Waals surface area contributed by atoms with Crippen molar-refractivity contribution in [3.05, 3.63) is 34.6 Å². The summed E-state index contributed by atoms with van der Waals surface area (Å²) in [5.41, 5.74) is 0.549. The number of aryl methyl sites for hydroxylation is 1. The average molecular weight is 229 g/mol. The summed E-state index contributed by atoms with van der Waals surface area (Å²) in [4.78, 5) is 11.3. The molecule has 0 amide bonds. The molecule has 0 aliphatic heterocycles. The zero-order chi connectivity index (χ0) is 11.4. The Hall–Kier alpha value is -0.890. The first kappa shape index (κ1) is 12.2. The molecule has 0 radical (unpaired) electrons. The Labute approximate surface area is 94.3 Å². The molecule has 0 aliphatic carbocycles. The molecule has 0 fully saturated rings. The van der Waals surface area contributed by atoms with Crippen molar-refractivity contribution in [1.29, 1.82) is 0 Å². The Kier molecular flexibility index (Phi) is 4.28. The first-order valence-electron chi connectivity index (χ1n) is 4.97. The zero-order valence-electron chi connectivity index (χ0n) is 8.89. The molecule has 82 valence electrons. The van der Waals surface area contributed by atoms with Crippen molar-refractivity contribution in [2.45, 2.75) is 26.7 Å². The van der Waals surface area contributed by atoms with Crippen molar-refractivity contribution in [3.63, 3.8) is 0 Å². The quantitative estimate of drug-likeness (QED) is 0.769. The Balaban J connectivity index is 2.62. The maximum atomic E-state index is 13.3. The number of benzene rings is 1. The van der Waals surface area contributed by atoms with Gasteiger partial charge in [0.25, 0.3) is 0 Å². The second-order valence-corrected chi connectivity index (χ2v) is 4.29. The van der Waals surface area contributed by atoms with Crippen LogP contribution in [0.15, 0.2) is 18.2 Å². The van der Waals surface area contributed by atoms with Gasteiger partial charge in [0.15, 0.2) is 0 Å². The fourth-order valence-corrected chi connectivity index (χ4v) is 1.43. The average Bonchev–Trinajstić information content (AvgIpc) is 2.15. The Morgan fingerprint density at radius 2 is 2.13 bits per heavy atom. The molecule has 0 saturated carbocycles. The van der Waals surface area contributed by atoms with Crippen LogP contribution in [0.1, 0.15) is 25.8 Å². The van der Waals surface area contributed by atoms with Crippen LogP contribution < -0.4 is 0 Å². The molecule has 0 aromatic heterocycles. The molecule has 0 heterocycles. The third-order valence-corrected chi connectivity index (χ3v) is 2.53. The van der Waals surface area contributed by atoms with E-state index in [1.165, 1.54) is 6.07 Å². The molecule has 0 aliphatic rings. The normalized spacial score (nSPS) is 10.7. The molecule has 3 heteroatoms. The van der Waals surface area contributed by atoms with Crippen LogP contribution in [0.3, 0.4) is 0 Å². The summed E-state index contributed by atoms with van der Waals surface area (Å²) < 4.78 is 13.3. The molecule has 1 aromatic carbocycles. The Morgan fingerprint density at radius 3 is 2.67 bits per heavy atom. The van der Waals surface area contributed by atoms with E-state index < -0.39 is 0 Å². The van der Waals surface area contributed by atoms with Crippen molar-refractivity contribution < 1.29 is 9.18 Å². The van der Waals surface area contributed by atoms with E-state index in [9.17, 15) is 9.18 Å². The van der Waals surface area contributed by atoms with Crippen LogP contribution in [0.4, 0.5) is 4.39 Å². The standard InChI is InChI=1S/C12H14ClFO/c1-8(2)12(15)6-4-9-3-5-10(13)7-11(9)14/h3,5,7-8H,4,6H2,1-2H3. The first-order valence-corrected chi connectivity index (χ1v) is 5.35. The number of hydrogen-bond donors (Lipinski definition) is 0. The van der Waals surface area contributed by atoms with Crippen molar-refractivity contribution in [1.82, 2.24) is 0 Å². The van der Waals surface area contributed by atoms with Crippen LogP contribution in [0.2, 0.25) is 5.02 Å². The van der Waals surface area contributed by atoms with E-state index in [1.807, 2.05) is 13.8 Å². The molecule has 1 nitrogen and oxygen atoms in total. The van der Waals surface area contributed by atoms with E-state index in [2.05, 4.69) is 0 Å². The highest BCUT2D eigenvalue weighted by Gasteiger charge is 2.09. The summed E-state index contributed by atoms with van der Waals surface area (Å²) in [5.74, 6) is -0.163. The number of rotatable bonds is 4. The third-order valence-electron chi connectivity index (χ3n) is 2.30. The van der Waals surface area contributed by atoms with Gasteiger partial charge in [-0.25, -0.2) is 4.39 Å². The lowest BCUT2D eigenvalue weighted by Gasteiger charge is -2.05. The van der Waals surface area contributed by atoms with Crippen molar-refractivity contribution >= 4 is 17.4 Å². The zero-order valence-corrected chi connectivity index (χ0v) is 9.64. The van der Waals surface area contributed by atoms with Crippen LogP contribution >= 0.6 is 11.6 Å². The maximum absolute atomic E-state index is 13.3. The van der Waals surface area contributed by atoms with Gasteiger partial charge in [-0.3, -0.25) is 4.79 Å². The van der Waals surface area contributed by atoms with Crippen LogP contribution in [0.25, 0.3) is 0 Å². The highest BCUT2D eigenvalue weighted by molar-refractivity contribution is 6.30. The minimum absolute atomic E-state index is 0.0142. The highest BCUT2D eigenvalue weighted by Crippen LogP contribution is 2.16. The molecule has 0 atom stereocenters. The molecule has 1 aromatic rings. The summed E-state index contributed by atoms with van der Waals surface area (Å²) in [6.45, 7) is 3.70. The fourth-order valence-electron chi connectivity index (χ4n) is 1.27. The van der Waals surface area contributed by atoms with E-state index in [0.717, 1.165) is 0 Å². The van der Waals surface area contributed by atoms with Crippen molar-refractivity contribution in [2.75, 3.05) is 0 Å². The SMILES string of the molecule is CC(C)C(=O)CCc1ccc(Cl)cc1F. The Bertz CT molecular complexity index is 361. The number of carbonyl (C=O) groups excluding carboxylic acids is 1. The predicted molar refractivity (Wildman–Crippen MR) is 59.6 cm³/mol. The third kappa shape index (κ3) is 3.63. The van der Waals surface area contributed by atoms with Gasteiger partial charge in [0, 0.05) is 17.4 Å². The van der Waals surface area contributed by atoms with E-state index in [-0.39, 0.29) is 17.5 Å². The first-order chi connectivity index (χ1) is 7.00. The molecule has 0 bridgehead atoms. The molecule has 1 rings (SSSR count). The summed E-state index contributed by atoms with van der Waals surface area (Å²) in [6.07, 6.45) is 0.830. The second-order valence-electron chi connectivity index (χ2n) is 3.86. The van der Waals surface area contributed by atoms with E-state index in [4.69, 9.17) is 11.6 Å². The molecular formula is C12H14ClFO. The van der Waals surface area contributed by atoms with E-state index >= 15 is 0 Å². The summed E-state index contributed by atoms with van der Waals surface area (Å²) in [7, 11) is 0. The lowest BCUT2D eigenvalue weighted by molar-refractivity contribution is -0.121. The van der Waals surface area contributed by atoms with Gasteiger partial charge >= 0.3 is 0 Å². The summed E-state index contributed by atoms with van der Waals surface area (Å²) in [5, 5.41) is 0.381. The number of ketones is 1. The minimum Gasteiger partial charge on any atom is -0.299 e. The fraction of sp³-hybridized carbons (Fsp3) is 0.417. The van der Waals surface area contributed by atoms with Gasteiger partial charge < -0.3 is 0 Å². The van der Waals surface area contributed by atoms with E-state index in [1.54, 1.807) is 12.1 Å². The maximum Gasteiger partial charge on any atom is 0.135 e. The lowest BCUT2D eigenvalue weighted by Crippen LogP contribution is -2.08. The topological polar surface area (TPSA) is 17.1 Å². The smallest absolute Gasteiger partial charge is 0.135 e. The van der Waals surface area contributed by atoms with Crippen LogP contribution in [-0.2, 0) is 11.2 Å². The van der Waals surface area contributed by atoms with Crippen molar-refractivity contribution in [3.8, 4) is 0 Å². The minimum atomic E-state index is -0.334. The predicted octanol–water partition coefficient (Wildman–Crippen LogP) is 3.64. The molecule has 0 N–H and O–H groups in total.